The van der Waals surface area contributed by atoms with E-state index in [2.05, 4.69) is 24.4 Å². The van der Waals surface area contributed by atoms with Crippen molar-refractivity contribution in [3.05, 3.63) is 59.7 Å². The summed E-state index contributed by atoms with van der Waals surface area (Å²) in [6.07, 6.45) is 1.20. The number of phenolic OH excluding ortho intramolecular Hbond substituents is 1. The van der Waals surface area contributed by atoms with Gasteiger partial charge < -0.3 is 15.3 Å². The van der Waals surface area contributed by atoms with Crippen LogP contribution in [0.25, 0.3) is 0 Å². The maximum atomic E-state index is 12.4. The SMILES string of the molecule is CCc1ccc(CNC(=O)[C@H]2CC(=O)N(c3ccc(O)cc3)C2)cc1. The number of amides is 2. The van der Waals surface area contributed by atoms with E-state index in [1.165, 1.54) is 17.7 Å². The number of hydrogen-bond donors (Lipinski definition) is 2. The molecule has 0 saturated carbocycles. The molecular formula is C20H22N2O3. The van der Waals surface area contributed by atoms with E-state index in [0.717, 1.165) is 12.0 Å². The van der Waals surface area contributed by atoms with Crippen molar-refractivity contribution >= 4 is 17.5 Å². The Morgan fingerprint density at radius 1 is 1.12 bits per heavy atom. The van der Waals surface area contributed by atoms with Gasteiger partial charge in [0.25, 0.3) is 0 Å². The summed E-state index contributed by atoms with van der Waals surface area (Å²) < 4.78 is 0. The van der Waals surface area contributed by atoms with Crippen LogP contribution in [0.1, 0.15) is 24.5 Å². The second-order valence-corrected chi connectivity index (χ2v) is 6.31. The summed E-state index contributed by atoms with van der Waals surface area (Å²) in [5, 5.41) is 12.3. The van der Waals surface area contributed by atoms with Crippen molar-refractivity contribution in [3.63, 3.8) is 0 Å². The Labute approximate surface area is 147 Å². The molecule has 1 fully saturated rings. The van der Waals surface area contributed by atoms with Gasteiger partial charge in [0.1, 0.15) is 5.75 Å². The smallest absolute Gasteiger partial charge is 0.227 e. The lowest BCUT2D eigenvalue weighted by atomic mass is 10.1. The van der Waals surface area contributed by atoms with Gasteiger partial charge in [0.15, 0.2) is 0 Å². The van der Waals surface area contributed by atoms with Crippen LogP contribution < -0.4 is 10.2 Å². The Balaban J connectivity index is 1.57. The van der Waals surface area contributed by atoms with E-state index < -0.39 is 0 Å². The Morgan fingerprint density at radius 2 is 1.76 bits per heavy atom. The van der Waals surface area contributed by atoms with E-state index >= 15 is 0 Å². The lowest BCUT2D eigenvalue weighted by Gasteiger charge is -2.16. The van der Waals surface area contributed by atoms with E-state index in [-0.39, 0.29) is 29.9 Å². The zero-order valence-electron chi connectivity index (χ0n) is 14.2. The van der Waals surface area contributed by atoms with Crippen molar-refractivity contribution in [1.82, 2.24) is 5.32 Å². The molecule has 0 aromatic heterocycles. The molecule has 5 nitrogen and oxygen atoms in total. The van der Waals surface area contributed by atoms with Gasteiger partial charge in [-0.05, 0) is 41.8 Å². The molecule has 3 rings (SSSR count). The fraction of sp³-hybridized carbons (Fsp3) is 0.300. The molecular weight excluding hydrogens is 316 g/mol. The molecule has 1 aliphatic heterocycles. The highest BCUT2D eigenvalue weighted by molar-refractivity contribution is 6.00. The average molecular weight is 338 g/mol. The minimum atomic E-state index is -0.351. The number of phenols is 1. The van der Waals surface area contributed by atoms with Crippen molar-refractivity contribution in [2.75, 3.05) is 11.4 Å². The summed E-state index contributed by atoms with van der Waals surface area (Å²) in [6.45, 7) is 2.94. The van der Waals surface area contributed by atoms with E-state index in [0.29, 0.717) is 18.8 Å². The van der Waals surface area contributed by atoms with Gasteiger partial charge in [-0.3, -0.25) is 9.59 Å². The van der Waals surface area contributed by atoms with E-state index in [4.69, 9.17) is 0 Å². The average Bonchev–Trinajstić information content (AvgIpc) is 3.02. The number of benzene rings is 2. The third-order valence-corrected chi connectivity index (χ3v) is 4.56. The van der Waals surface area contributed by atoms with Crippen LogP contribution in [0.3, 0.4) is 0 Å². The van der Waals surface area contributed by atoms with Crippen LogP contribution in [-0.4, -0.2) is 23.5 Å². The largest absolute Gasteiger partial charge is 0.508 e. The number of anilines is 1. The first-order valence-electron chi connectivity index (χ1n) is 8.51. The fourth-order valence-electron chi connectivity index (χ4n) is 2.99. The molecule has 1 saturated heterocycles. The van der Waals surface area contributed by atoms with Crippen LogP contribution in [0.5, 0.6) is 5.75 Å². The third kappa shape index (κ3) is 3.99. The van der Waals surface area contributed by atoms with Crippen LogP contribution in [0.2, 0.25) is 0 Å². The normalized spacial score (nSPS) is 16.9. The van der Waals surface area contributed by atoms with Crippen molar-refractivity contribution in [1.29, 1.82) is 0 Å². The molecule has 1 atom stereocenters. The molecule has 1 heterocycles. The summed E-state index contributed by atoms with van der Waals surface area (Å²) in [7, 11) is 0. The predicted molar refractivity (Wildman–Crippen MR) is 96.2 cm³/mol. The molecule has 0 unspecified atom stereocenters. The number of carbonyl (C=O) groups excluding carboxylic acids is 2. The number of nitrogens with zero attached hydrogens (tertiary/aromatic N) is 1. The zero-order valence-corrected chi connectivity index (χ0v) is 14.2. The highest BCUT2D eigenvalue weighted by Gasteiger charge is 2.34. The highest BCUT2D eigenvalue weighted by Crippen LogP contribution is 2.26. The molecule has 25 heavy (non-hydrogen) atoms. The number of rotatable bonds is 5. The van der Waals surface area contributed by atoms with Gasteiger partial charge >= 0.3 is 0 Å². The Hall–Kier alpha value is -2.82. The summed E-state index contributed by atoms with van der Waals surface area (Å²) in [5.41, 5.74) is 3.01. The Kier molecular flexibility index (Phi) is 5.03. The van der Waals surface area contributed by atoms with Crippen molar-refractivity contribution in [2.45, 2.75) is 26.3 Å². The van der Waals surface area contributed by atoms with Crippen LogP contribution in [-0.2, 0) is 22.6 Å². The maximum Gasteiger partial charge on any atom is 0.227 e. The van der Waals surface area contributed by atoms with Gasteiger partial charge in [0, 0.05) is 25.2 Å². The summed E-state index contributed by atoms with van der Waals surface area (Å²) >= 11 is 0. The van der Waals surface area contributed by atoms with Crippen LogP contribution in [0.4, 0.5) is 5.69 Å². The minimum absolute atomic E-state index is 0.0712. The number of hydrogen-bond acceptors (Lipinski definition) is 3. The summed E-state index contributed by atoms with van der Waals surface area (Å²) in [4.78, 5) is 26.2. The number of carbonyl (C=O) groups is 2. The maximum absolute atomic E-state index is 12.4. The van der Waals surface area contributed by atoms with E-state index in [1.807, 2.05) is 12.1 Å². The lowest BCUT2D eigenvalue weighted by molar-refractivity contribution is -0.126. The van der Waals surface area contributed by atoms with Crippen molar-refractivity contribution in [2.24, 2.45) is 5.92 Å². The molecule has 1 aliphatic rings. The van der Waals surface area contributed by atoms with Gasteiger partial charge in [-0.25, -0.2) is 0 Å². The van der Waals surface area contributed by atoms with Crippen LogP contribution in [0.15, 0.2) is 48.5 Å². The fourth-order valence-corrected chi connectivity index (χ4v) is 2.99. The van der Waals surface area contributed by atoms with E-state index in [9.17, 15) is 14.7 Å². The molecule has 0 bridgehead atoms. The first-order valence-corrected chi connectivity index (χ1v) is 8.51. The molecule has 0 aliphatic carbocycles. The quantitative estimate of drug-likeness (QED) is 0.880. The van der Waals surface area contributed by atoms with Crippen molar-refractivity contribution in [3.8, 4) is 5.75 Å². The highest BCUT2D eigenvalue weighted by atomic mass is 16.3. The summed E-state index contributed by atoms with van der Waals surface area (Å²) in [5.74, 6) is -0.373. The van der Waals surface area contributed by atoms with Gasteiger partial charge in [-0.1, -0.05) is 31.2 Å². The monoisotopic (exact) mass is 338 g/mol. The van der Waals surface area contributed by atoms with Gasteiger partial charge in [-0.15, -0.1) is 0 Å². The standard InChI is InChI=1S/C20H22N2O3/c1-2-14-3-5-15(6-4-14)12-21-20(25)16-11-19(24)22(13-16)17-7-9-18(23)10-8-17/h3-10,16,23H,2,11-13H2,1H3,(H,21,25)/t16-/m0/s1. The van der Waals surface area contributed by atoms with Crippen LogP contribution >= 0.6 is 0 Å². The Bertz CT molecular complexity index is 754. The molecule has 5 heteroatoms. The molecule has 2 aromatic rings. The third-order valence-electron chi connectivity index (χ3n) is 4.56. The van der Waals surface area contributed by atoms with Gasteiger partial charge in [0.2, 0.25) is 11.8 Å². The summed E-state index contributed by atoms with van der Waals surface area (Å²) in [6, 6.07) is 14.6. The molecule has 130 valence electrons. The zero-order chi connectivity index (χ0) is 17.8. The second-order valence-electron chi connectivity index (χ2n) is 6.31. The first-order chi connectivity index (χ1) is 12.1. The van der Waals surface area contributed by atoms with Crippen molar-refractivity contribution < 1.29 is 14.7 Å². The topological polar surface area (TPSA) is 69.6 Å². The first kappa shape index (κ1) is 17.0. The number of aryl methyl sites for hydroxylation is 1. The minimum Gasteiger partial charge on any atom is -0.508 e. The number of nitrogens with one attached hydrogen (secondary N) is 1. The molecule has 2 amide bonds. The molecule has 2 aromatic carbocycles. The molecule has 2 N–H and O–H groups in total. The van der Waals surface area contributed by atoms with Gasteiger partial charge in [-0.2, -0.15) is 0 Å². The molecule has 0 radical (unpaired) electrons. The van der Waals surface area contributed by atoms with Gasteiger partial charge in [0.05, 0.1) is 5.92 Å². The molecule has 0 spiro atoms. The second kappa shape index (κ2) is 7.38. The van der Waals surface area contributed by atoms with Crippen LogP contribution in [0, 0.1) is 5.92 Å². The predicted octanol–water partition coefficient (Wildman–Crippen LogP) is 2.62. The Morgan fingerprint density at radius 3 is 2.40 bits per heavy atom. The lowest BCUT2D eigenvalue weighted by Crippen LogP contribution is -2.32. The number of aromatic hydroxyl groups is 1. The van der Waals surface area contributed by atoms with E-state index in [1.54, 1.807) is 17.0 Å².